The van der Waals surface area contributed by atoms with Gasteiger partial charge in [-0.2, -0.15) is 0 Å². The van der Waals surface area contributed by atoms with Crippen molar-refractivity contribution in [3.63, 3.8) is 0 Å². The number of carbonyl (C=O) groups is 2. The molecule has 0 aromatic heterocycles. The summed E-state index contributed by atoms with van der Waals surface area (Å²) in [7, 11) is 0. The van der Waals surface area contributed by atoms with E-state index in [1.807, 2.05) is 4.90 Å². The van der Waals surface area contributed by atoms with E-state index in [-0.39, 0.29) is 29.5 Å². The fourth-order valence-corrected chi connectivity index (χ4v) is 3.53. The Balaban J connectivity index is 1.48. The fraction of sp³-hybridized carbons (Fsp3) is 0.579. The number of hydrogen-bond acceptors (Lipinski definition) is 3. The molecule has 2 saturated heterocycles. The number of halogens is 1. The summed E-state index contributed by atoms with van der Waals surface area (Å²) in [5.41, 5.74) is 0.553. The monoisotopic (exact) mass is 333 g/mol. The van der Waals surface area contributed by atoms with Crippen molar-refractivity contribution in [2.24, 2.45) is 5.92 Å². The summed E-state index contributed by atoms with van der Waals surface area (Å²) in [5.74, 6) is -0.227. The second kappa shape index (κ2) is 7.88. The highest BCUT2D eigenvalue weighted by Gasteiger charge is 2.29. The molecule has 2 aliphatic heterocycles. The van der Waals surface area contributed by atoms with Crippen molar-refractivity contribution in [2.45, 2.75) is 44.6 Å². The van der Waals surface area contributed by atoms with Gasteiger partial charge in [0.25, 0.3) is 0 Å². The van der Waals surface area contributed by atoms with Crippen molar-refractivity contribution < 1.29 is 18.7 Å². The number of Topliss-reactive ketones (excluding diaryl/α,β-unsaturated/α-hetero) is 1. The first kappa shape index (κ1) is 17.1. The highest BCUT2D eigenvalue weighted by molar-refractivity contribution is 5.98. The number of likely N-dealkylation sites (tertiary alicyclic amines) is 1. The first-order chi connectivity index (χ1) is 11.6. The lowest BCUT2D eigenvalue weighted by Gasteiger charge is -2.33. The number of nitrogens with zero attached hydrogens (tertiary/aromatic N) is 1. The van der Waals surface area contributed by atoms with Crippen LogP contribution in [0.3, 0.4) is 0 Å². The number of piperidine rings is 1. The lowest BCUT2D eigenvalue weighted by Crippen LogP contribution is -2.42. The van der Waals surface area contributed by atoms with Gasteiger partial charge in [0, 0.05) is 31.2 Å². The molecule has 0 N–H and O–H groups in total. The first-order valence-electron chi connectivity index (χ1n) is 8.82. The number of carbonyl (C=O) groups excluding carboxylic acids is 2. The third-order valence-corrected chi connectivity index (χ3v) is 5.02. The number of benzene rings is 1. The molecular formula is C19H24FNO3. The Morgan fingerprint density at radius 3 is 2.42 bits per heavy atom. The summed E-state index contributed by atoms with van der Waals surface area (Å²) in [5, 5.41) is 0. The van der Waals surface area contributed by atoms with E-state index in [1.165, 1.54) is 24.3 Å². The van der Waals surface area contributed by atoms with Crippen LogP contribution < -0.4 is 0 Å². The molecular weight excluding hydrogens is 309 g/mol. The molecule has 5 heteroatoms. The minimum Gasteiger partial charge on any atom is -0.378 e. The average molecular weight is 333 g/mol. The van der Waals surface area contributed by atoms with E-state index in [0.29, 0.717) is 37.9 Å². The van der Waals surface area contributed by atoms with Gasteiger partial charge in [0.2, 0.25) is 5.91 Å². The molecule has 130 valence electrons. The lowest BCUT2D eigenvalue weighted by molar-refractivity contribution is -0.136. The fourth-order valence-electron chi connectivity index (χ4n) is 3.53. The molecule has 2 fully saturated rings. The number of hydrogen-bond donors (Lipinski definition) is 0. The van der Waals surface area contributed by atoms with E-state index >= 15 is 0 Å². The van der Waals surface area contributed by atoms with E-state index in [2.05, 4.69) is 0 Å². The Morgan fingerprint density at radius 2 is 1.79 bits per heavy atom. The van der Waals surface area contributed by atoms with Crippen LogP contribution in [0.2, 0.25) is 0 Å². The Hall–Kier alpha value is -1.75. The molecule has 2 heterocycles. The molecule has 4 nitrogen and oxygen atoms in total. The summed E-state index contributed by atoms with van der Waals surface area (Å²) in [6.45, 7) is 1.98. The smallest absolute Gasteiger partial charge is 0.225 e. The van der Waals surface area contributed by atoms with Crippen molar-refractivity contribution in [1.82, 2.24) is 4.90 Å². The summed E-state index contributed by atoms with van der Waals surface area (Å²) in [4.78, 5) is 26.7. The van der Waals surface area contributed by atoms with Crippen LogP contribution in [0.1, 0.15) is 48.9 Å². The van der Waals surface area contributed by atoms with Crippen LogP contribution in [0.25, 0.3) is 0 Å². The molecule has 1 atom stereocenters. The van der Waals surface area contributed by atoms with Crippen LogP contribution in [0, 0.1) is 11.7 Å². The van der Waals surface area contributed by atoms with Crippen LogP contribution in [0.5, 0.6) is 0 Å². The number of amides is 1. The van der Waals surface area contributed by atoms with Crippen LogP contribution in [-0.2, 0) is 9.53 Å². The predicted molar refractivity (Wildman–Crippen MR) is 88.2 cm³/mol. The topological polar surface area (TPSA) is 46.6 Å². The molecule has 0 spiro atoms. The third kappa shape index (κ3) is 4.20. The van der Waals surface area contributed by atoms with Crippen LogP contribution in [0.15, 0.2) is 24.3 Å². The molecule has 1 aromatic rings. The van der Waals surface area contributed by atoms with Crippen molar-refractivity contribution in [1.29, 1.82) is 0 Å². The highest BCUT2D eigenvalue weighted by Crippen LogP contribution is 2.24. The standard InChI is InChI=1S/C19H24FNO3/c20-16-6-4-14(5-7-16)19(23)15-8-10-21(11-9-15)18(22)13-17-3-1-2-12-24-17/h4-7,15,17H,1-3,8-13H2/t17-/m0/s1. The van der Waals surface area contributed by atoms with Gasteiger partial charge in [-0.05, 0) is 56.4 Å². The molecule has 0 radical (unpaired) electrons. The van der Waals surface area contributed by atoms with Crippen molar-refractivity contribution in [3.8, 4) is 0 Å². The van der Waals surface area contributed by atoms with Gasteiger partial charge in [-0.1, -0.05) is 0 Å². The largest absolute Gasteiger partial charge is 0.378 e. The molecule has 0 saturated carbocycles. The summed E-state index contributed by atoms with van der Waals surface area (Å²) in [6.07, 6.45) is 5.04. The first-order valence-corrected chi connectivity index (χ1v) is 8.82. The molecule has 1 amide bonds. The van der Waals surface area contributed by atoms with Crippen molar-refractivity contribution >= 4 is 11.7 Å². The molecule has 24 heavy (non-hydrogen) atoms. The van der Waals surface area contributed by atoms with E-state index in [4.69, 9.17) is 4.74 Å². The number of ketones is 1. The maximum absolute atomic E-state index is 13.0. The van der Waals surface area contributed by atoms with E-state index in [9.17, 15) is 14.0 Å². The molecule has 3 rings (SSSR count). The average Bonchev–Trinajstić information content (AvgIpc) is 2.63. The minimum absolute atomic E-state index is 0.0534. The third-order valence-electron chi connectivity index (χ3n) is 5.02. The zero-order valence-electron chi connectivity index (χ0n) is 13.9. The van der Waals surface area contributed by atoms with E-state index in [0.717, 1.165) is 25.9 Å². The Morgan fingerprint density at radius 1 is 1.08 bits per heavy atom. The second-order valence-corrected chi connectivity index (χ2v) is 6.72. The summed E-state index contributed by atoms with van der Waals surface area (Å²) < 4.78 is 18.6. The zero-order valence-corrected chi connectivity index (χ0v) is 13.9. The number of ether oxygens (including phenoxy) is 1. The summed E-state index contributed by atoms with van der Waals surface area (Å²) >= 11 is 0. The van der Waals surface area contributed by atoms with Gasteiger partial charge < -0.3 is 9.64 Å². The molecule has 0 bridgehead atoms. The van der Waals surface area contributed by atoms with Crippen LogP contribution in [0.4, 0.5) is 4.39 Å². The molecule has 2 aliphatic rings. The SMILES string of the molecule is O=C(c1ccc(F)cc1)C1CCN(C(=O)C[C@@H]2CCCCO2)CC1. The van der Waals surface area contributed by atoms with Gasteiger partial charge >= 0.3 is 0 Å². The second-order valence-electron chi connectivity index (χ2n) is 6.72. The molecule has 0 unspecified atom stereocenters. The lowest BCUT2D eigenvalue weighted by atomic mass is 9.88. The maximum Gasteiger partial charge on any atom is 0.225 e. The predicted octanol–water partition coefficient (Wildman–Crippen LogP) is 3.21. The summed E-state index contributed by atoms with van der Waals surface area (Å²) in [6, 6.07) is 5.71. The van der Waals surface area contributed by atoms with Gasteiger partial charge in [0.15, 0.2) is 5.78 Å². The van der Waals surface area contributed by atoms with Gasteiger partial charge in [0.1, 0.15) is 5.82 Å². The van der Waals surface area contributed by atoms with Gasteiger partial charge in [-0.15, -0.1) is 0 Å². The Bertz CT molecular complexity index is 573. The highest BCUT2D eigenvalue weighted by atomic mass is 19.1. The molecule has 1 aromatic carbocycles. The van der Waals surface area contributed by atoms with E-state index in [1.54, 1.807) is 0 Å². The normalized spacial score (nSPS) is 22.4. The number of rotatable bonds is 4. The zero-order chi connectivity index (χ0) is 16.9. The minimum atomic E-state index is -0.336. The van der Waals surface area contributed by atoms with Gasteiger partial charge in [-0.3, -0.25) is 9.59 Å². The molecule has 0 aliphatic carbocycles. The quantitative estimate of drug-likeness (QED) is 0.795. The van der Waals surface area contributed by atoms with Crippen LogP contribution >= 0.6 is 0 Å². The maximum atomic E-state index is 13.0. The van der Waals surface area contributed by atoms with Gasteiger partial charge in [-0.25, -0.2) is 4.39 Å². The van der Waals surface area contributed by atoms with Gasteiger partial charge in [0.05, 0.1) is 12.5 Å². The Labute approximate surface area is 142 Å². The van der Waals surface area contributed by atoms with Crippen molar-refractivity contribution in [3.05, 3.63) is 35.6 Å². The van der Waals surface area contributed by atoms with E-state index < -0.39 is 0 Å². The van der Waals surface area contributed by atoms with Crippen molar-refractivity contribution in [2.75, 3.05) is 19.7 Å². The van der Waals surface area contributed by atoms with Crippen LogP contribution in [-0.4, -0.2) is 42.4 Å². The Kier molecular flexibility index (Phi) is 5.61.